The van der Waals surface area contributed by atoms with Gasteiger partial charge in [0.15, 0.2) is 0 Å². The molecular weight excluding hydrogens is 221 g/mol. The summed E-state index contributed by atoms with van der Waals surface area (Å²) in [6.45, 7) is 0.0467. The summed E-state index contributed by atoms with van der Waals surface area (Å²) in [5, 5.41) is 8.93. The number of aliphatic hydroxyl groups excluding tert-OH is 1. The zero-order valence-electron chi connectivity index (χ0n) is 9.14. The minimum Gasteiger partial charge on any atom is -0.457 e. The van der Waals surface area contributed by atoms with E-state index in [-0.39, 0.29) is 6.61 Å². The highest BCUT2D eigenvalue weighted by Crippen LogP contribution is 2.25. The number of hydrogen-bond donors (Lipinski definition) is 1. The van der Waals surface area contributed by atoms with Crippen LogP contribution in [0.1, 0.15) is 5.56 Å². The van der Waals surface area contributed by atoms with Gasteiger partial charge in [0.05, 0.1) is 0 Å². The van der Waals surface area contributed by atoms with Crippen LogP contribution in [-0.2, 0) is 6.42 Å². The zero-order chi connectivity index (χ0) is 12.1. The average molecular weight is 233 g/mol. The summed E-state index contributed by atoms with van der Waals surface area (Å²) in [6.07, 6.45) is 1.85. The number of ether oxygens (including phenoxy) is 1. The third kappa shape index (κ3) is 3.01. The van der Waals surface area contributed by atoms with Crippen LogP contribution in [0.5, 0.6) is 11.5 Å². The van der Waals surface area contributed by atoms with E-state index < -0.39 is 5.95 Å². The highest BCUT2D eigenvalue weighted by molar-refractivity contribution is 5.37. The van der Waals surface area contributed by atoms with Gasteiger partial charge in [-0.15, -0.1) is 0 Å². The van der Waals surface area contributed by atoms with Gasteiger partial charge in [-0.25, -0.2) is 4.98 Å². The maximum atomic E-state index is 12.9. The number of halogens is 1. The van der Waals surface area contributed by atoms with Crippen molar-refractivity contribution in [1.29, 1.82) is 0 Å². The molecule has 0 aliphatic rings. The lowest BCUT2D eigenvalue weighted by atomic mass is 10.1. The average Bonchev–Trinajstić information content (AvgIpc) is 2.32. The van der Waals surface area contributed by atoms with Gasteiger partial charge in [0, 0.05) is 18.9 Å². The quantitative estimate of drug-likeness (QED) is 0.825. The lowest BCUT2D eigenvalue weighted by molar-refractivity contribution is 0.298. The Kier molecular flexibility index (Phi) is 3.67. The van der Waals surface area contributed by atoms with Crippen LogP contribution in [0.2, 0.25) is 0 Å². The van der Waals surface area contributed by atoms with E-state index in [2.05, 4.69) is 4.98 Å². The van der Waals surface area contributed by atoms with Gasteiger partial charge in [-0.1, -0.05) is 18.2 Å². The number of pyridine rings is 1. The molecule has 0 saturated carbocycles. The van der Waals surface area contributed by atoms with Crippen molar-refractivity contribution in [1.82, 2.24) is 4.98 Å². The molecule has 2 aromatic rings. The van der Waals surface area contributed by atoms with E-state index in [4.69, 9.17) is 9.84 Å². The van der Waals surface area contributed by atoms with E-state index in [0.717, 1.165) is 5.56 Å². The van der Waals surface area contributed by atoms with E-state index in [0.29, 0.717) is 17.9 Å². The second-order valence-corrected chi connectivity index (χ2v) is 3.50. The van der Waals surface area contributed by atoms with E-state index >= 15 is 0 Å². The summed E-state index contributed by atoms with van der Waals surface area (Å²) in [4.78, 5) is 3.45. The Morgan fingerprint density at radius 2 is 2.06 bits per heavy atom. The standard InChI is InChI=1S/C13H12FNO2/c14-13-9-11(5-7-15-13)17-12-4-2-1-3-10(12)6-8-16/h1-5,7,9,16H,6,8H2. The van der Waals surface area contributed by atoms with Crippen molar-refractivity contribution >= 4 is 0 Å². The van der Waals surface area contributed by atoms with Crippen LogP contribution in [0.15, 0.2) is 42.6 Å². The SMILES string of the molecule is OCCc1ccccc1Oc1ccnc(F)c1. The molecule has 1 aromatic heterocycles. The molecular formula is C13H12FNO2. The molecule has 0 aliphatic heterocycles. The number of para-hydroxylation sites is 1. The molecule has 0 fully saturated rings. The Hall–Kier alpha value is -1.94. The van der Waals surface area contributed by atoms with Gasteiger partial charge in [0.2, 0.25) is 5.95 Å². The normalized spacial score (nSPS) is 10.2. The van der Waals surface area contributed by atoms with Crippen molar-refractivity contribution in [2.75, 3.05) is 6.61 Å². The van der Waals surface area contributed by atoms with Crippen LogP contribution in [0.25, 0.3) is 0 Å². The molecule has 0 saturated heterocycles. The van der Waals surface area contributed by atoms with E-state index in [1.807, 2.05) is 18.2 Å². The molecule has 0 unspecified atom stereocenters. The molecule has 1 aromatic carbocycles. The predicted octanol–water partition coefficient (Wildman–Crippen LogP) is 2.55. The molecule has 0 bridgehead atoms. The van der Waals surface area contributed by atoms with Crippen LogP contribution in [0.4, 0.5) is 4.39 Å². The van der Waals surface area contributed by atoms with Gasteiger partial charge in [0.25, 0.3) is 0 Å². The summed E-state index contributed by atoms with van der Waals surface area (Å²) in [6, 6.07) is 10.1. The molecule has 3 nitrogen and oxygen atoms in total. The first kappa shape index (κ1) is 11.5. The Morgan fingerprint density at radius 3 is 2.82 bits per heavy atom. The van der Waals surface area contributed by atoms with Crippen molar-refractivity contribution in [3.63, 3.8) is 0 Å². The fourth-order valence-corrected chi connectivity index (χ4v) is 1.51. The van der Waals surface area contributed by atoms with Gasteiger partial charge in [-0.2, -0.15) is 4.39 Å². The summed E-state index contributed by atoms with van der Waals surface area (Å²) in [5.41, 5.74) is 0.882. The summed E-state index contributed by atoms with van der Waals surface area (Å²) in [5.74, 6) is 0.428. The van der Waals surface area contributed by atoms with Gasteiger partial charge in [-0.05, 0) is 24.1 Å². The van der Waals surface area contributed by atoms with Crippen LogP contribution in [0.3, 0.4) is 0 Å². The second-order valence-electron chi connectivity index (χ2n) is 3.50. The number of rotatable bonds is 4. The topological polar surface area (TPSA) is 42.4 Å². The van der Waals surface area contributed by atoms with Crippen molar-refractivity contribution in [2.45, 2.75) is 6.42 Å². The first-order valence-corrected chi connectivity index (χ1v) is 5.28. The fourth-order valence-electron chi connectivity index (χ4n) is 1.51. The number of nitrogens with zero attached hydrogens (tertiary/aromatic N) is 1. The molecule has 4 heteroatoms. The van der Waals surface area contributed by atoms with Gasteiger partial charge in [-0.3, -0.25) is 0 Å². The van der Waals surface area contributed by atoms with Crippen molar-refractivity contribution < 1.29 is 14.2 Å². The molecule has 1 heterocycles. The van der Waals surface area contributed by atoms with Crippen LogP contribution in [-0.4, -0.2) is 16.7 Å². The number of aliphatic hydroxyl groups is 1. The number of benzene rings is 1. The van der Waals surface area contributed by atoms with E-state index in [1.54, 1.807) is 12.1 Å². The second kappa shape index (κ2) is 5.41. The van der Waals surface area contributed by atoms with E-state index in [9.17, 15) is 4.39 Å². The highest BCUT2D eigenvalue weighted by atomic mass is 19.1. The third-order valence-electron chi connectivity index (χ3n) is 2.28. The van der Waals surface area contributed by atoms with Crippen LogP contribution < -0.4 is 4.74 Å². The zero-order valence-corrected chi connectivity index (χ0v) is 9.14. The molecule has 0 aliphatic carbocycles. The lowest BCUT2D eigenvalue weighted by Gasteiger charge is -2.09. The smallest absolute Gasteiger partial charge is 0.216 e. The number of hydrogen-bond acceptors (Lipinski definition) is 3. The molecule has 88 valence electrons. The predicted molar refractivity (Wildman–Crippen MR) is 61.5 cm³/mol. The fraction of sp³-hybridized carbons (Fsp3) is 0.154. The van der Waals surface area contributed by atoms with Gasteiger partial charge < -0.3 is 9.84 Å². The van der Waals surface area contributed by atoms with E-state index in [1.165, 1.54) is 12.3 Å². The molecule has 17 heavy (non-hydrogen) atoms. The largest absolute Gasteiger partial charge is 0.457 e. The molecule has 0 atom stereocenters. The lowest BCUT2D eigenvalue weighted by Crippen LogP contribution is -1.95. The Labute approximate surface area is 98.5 Å². The first-order valence-electron chi connectivity index (χ1n) is 5.28. The first-order chi connectivity index (χ1) is 8.29. The van der Waals surface area contributed by atoms with Crippen molar-refractivity contribution in [2.24, 2.45) is 0 Å². The molecule has 1 N–H and O–H groups in total. The third-order valence-corrected chi connectivity index (χ3v) is 2.28. The summed E-state index contributed by atoms with van der Waals surface area (Å²) >= 11 is 0. The van der Waals surface area contributed by atoms with Crippen molar-refractivity contribution in [3.05, 3.63) is 54.1 Å². The maximum absolute atomic E-state index is 12.9. The van der Waals surface area contributed by atoms with Gasteiger partial charge >= 0.3 is 0 Å². The van der Waals surface area contributed by atoms with Crippen LogP contribution >= 0.6 is 0 Å². The molecule has 0 amide bonds. The Bertz CT molecular complexity index is 502. The molecule has 0 radical (unpaired) electrons. The highest BCUT2D eigenvalue weighted by Gasteiger charge is 2.04. The molecule has 2 rings (SSSR count). The molecule has 0 spiro atoms. The van der Waals surface area contributed by atoms with Crippen molar-refractivity contribution in [3.8, 4) is 11.5 Å². The minimum atomic E-state index is -0.581. The number of aromatic nitrogens is 1. The minimum absolute atomic E-state index is 0.0467. The van der Waals surface area contributed by atoms with Gasteiger partial charge in [0.1, 0.15) is 11.5 Å². The monoisotopic (exact) mass is 233 g/mol. The van der Waals surface area contributed by atoms with Crippen LogP contribution in [0, 0.1) is 5.95 Å². The summed E-state index contributed by atoms with van der Waals surface area (Å²) in [7, 11) is 0. The summed E-state index contributed by atoms with van der Waals surface area (Å²) < 4.78 is 18.4. The maximum Gasteiger partial charge on any atom is 0.216 e. The Balaban J connectivity index is 2.23. The Morgan fingerprint density at radius 1 is 1.24 bits per heavy atom.